The van der Waals surface area contributed by atoms with Gasteiger partial charge in [-0.1, -0.05) is 19.3 Å². The van der Waals surface area contributed by atoms with Crippen LogP contribution in [-0.2, 0) is 9.53 Å². The zero-order chi connectivity index (χ0) is 21.7. The average molecular weight is 414 g/mol. The fourth-order valence-corrected chi connectivity index (χ4v) is 3.22. The van der Waals surface area contributed by atoms with Crippen molar-refractivity contribution >= 4 is 23.7 Å². The van der Waals surface area contributed by atoms with E-state index in [9.17, 15) is 32.9 Å². The number of hydrogen-bond acceptors (Lipinski definition) is 6. The lowest BCUT2D eigenvalue weighted by molar-refractivity contribution is -0.388. The third-order valence-electron chi connectivity index (χ3n) is 4.79. The second-order valence-electron chi connectivity index (χ2n) is 6.73. The second kappa shape index (κ2) is 9.62. The third-order valence-corrected chi connectivity index (χ3v) is 4.79. The Labute approximate surface area is 165 Å². The number of carbonyl (C=O) groups excluding carboxylic acids is 2. The number of hydrogen-bond donors (Lipinski definition) is 0. The summed E-state index contributed by atoms with van der Waals surface area (Å²) in [6, 6.07) is -0.153. The molecule has 1 unspecified atom stereocenters. The zero-order valence-electron chi connectivity index (χ0n) is 16.0. The molecule has 1 aromatic rings. The average Bonchev–Trinajstić information content (AvgIpc) is 2.69. The number of nitrogens with zero attached hydrogens (tertiary/aromatic N) is 2. The SMILES string of the molecule is CCOC(=O)C(C=NC1CCCCC1)C(=O)c1c(F)c(C)c(F)c(F)c1[N+](=O)[O-]. The summed E-state index contributed by atoms with van der Waals surface area (Å²) in [5.74, 6) is -9.66. The fraction of sp³-hybridized carbons (Fsp3) is 0.526. The third kappa shape index (κ3) is 4.80. The standard InChI is InChI=1S/C19H21F3N2O5/c1-3-29-19(26)12(9-23-11-7-5-4-6-8-11)18(25)13-14(20)10(2)15(21)16(22)17(13)24(27)28/h9,11-12H,3-8H2,1-2H3. The monoisotopic (exact) mass is 414 g/mol. The molecule has 0 saturated heterocycles. The molecule has 2 rings (SSSR count). The Kier molecular flexibility index (Phi) is 7.46. The van der Waals surface area contributed by atoms with Gasteiger partial charge < -0.3 is 4.74 Å². The van der Waals surface area contributed by atoms with Gasteiger partial charge >= 0.3 is 11.7 Å². The van der Waals surface area contributed by atoms with Crippen molar-refractivity contribution in [3.8, 4) is 0 Å². The first-order valence-electron chi connectivity index (χ1n) is 9.26. The Morgan fingerprint density at radius 3 is 2.38 bits per heavy atom. The maximum Gasteiger partial charge on any atom is 0.322 e. The summed E-state index contributed by atoms with van der Waals surface area (Å²) in [5.41, 5.74) is -3.86. The van der Waals surface area contributed by atoms with E-state index in [1.807, 2.05) is 0 Å². The molecule has 158 valence electrons. The highest BCUT2D eigenvalue weighted by atomic mass is 19.2. The van der Waals surface area contributed by atoms with Crippen LogP contribution in [-0.4, -0.2) is 35.5 Å². The van der Waals surface area contributed by atoms with E-state index in [0.717, 1.165) is 45.2 Å². The lowest BCUT2D eigenvalue weighted by atomic mass is 9.93. The van der Waals surface area contributed by atoms with Gasteiger partial charge in [0.1, 0.15) is 11.4 Å². The maximum absolute atomic E-state index is 14.6. The molecule has 0 N–H and O–H groups in total. The molecule has 0 amide bonds. The molecule has 1 saturated carbocycles. The number of nitro groups is 1. The van der Waals surface area contributed by atoms with Gasteiger partial charge in [0.25, 0.3) is 0 Å². The Morgan fingerprint density at radius 2 is 1.83 bits per heavy atom. The smallest absolute Gasteiger partial charge is 0.322 e. The van der Waals surface area contributed by atoms with Crippen LogP contribution in [0.2, 0.25) is 0 Å². The van der Waals surface area contributed by atoms with Gasteiger partial charge in [-0.2, -0.15) is 4.39 Å². The molecule has 10 heteroatoms. The summed E-state index contributed by atoms with van der Waals surface area (Å²) in [6.45, 7) is 2.20. The zero-order valence-corrected chi connectivity index (χ0v) is 16.0. The highest BCUT2D eigenvalue weighted by molar-refractivity contribution is 6.20. The van der Waals surface area contributed by atoms with Crippen molar-refractivity contribution in [2.24, 2.45) is 10.9 Å². The van der Waals surface area contributed by atoms with E-state index in [2.05, 4.69) is 4.99 Å². The molecule has 0 radical (unpaired) electrons. The molecule has 0 aliphatic heterocycles. The molecule has 1 atom stereocenters. The number of esters is 1. The number of ether oxygens (including phenoxy) is 1. The summed E-state index contributed by atoms with van der Waals surface area (Å²) in [6.07, 6.45) is 5.32. The molecule has 0 heterocycles. The van der Waals surface area contributed by atoms with Crippen LogP contribution in [0.4, 0.5) is 18.9 Å². The highest BCUT2D eigenvalue weighted by Crippen LogP contribution is 2.32. The number of aliphatic imine (C=N–C) groups is 1. The van der Waals surface area contributed by atoms with Gasteiger partial charge in [-0.25, -0.2) is 8.78 Å². The minimum absolute atomic E-state index is 0.110. The number of nitro benzene ring substituents is 1. The minimum atomic E-state index is -1.97. The molecular formula is C19H21F3N2O5. The second-order valence-corrected chi connectivity index (χ2v) is 6.73. The van der Waals surface area contributed by atoms with Crippen LogP contribution < -0.4 is 0 Å². The predicted molar refractivity (Wildman–Crippen MR) is 97.5 cm³/mol. The van der Waals surface area contributed by atoms with Gasteiger partial charge in [0.05, 0.1) is 11.5 Å². The van der Waals surface area contributed by atoms with E-state index in [-0.39, 0.29) is 12.6 Å². The van der Waals surface area contributed by atoms with Crippen molar-refractivity contribution in [2.75, 3.05) is 6.61 Å². The van der Waals surface area contributed by atoms with E-state index in [0.29, 0.717) is 0 Å². The van der Waals surface area contributed by atoms with Crippen molar-refractivity contribution in [1.82, 2.24) is 0 Å². The van der Waals surface area contributed by atoms with Gasteiger partial charge in [0, 0.05) is 17.8 Å². The number of benzene rings is 1. The van der Waals surface area contributed by atoms with Crippen LogP contribution in [0.5, 0.6) is 0 Å². The van der Waals surface area contributed by atoms with Crippen LogP contribution in [0, 0.1) is 40.4 Å². The van der Waals surface area contributed by atoms with Gasteiger partial charge in [-0.05, 0) is 26.7 Å². The summed E-state index contributed by atoms with van der Waals surface area (Å²) in [4.78, 5) is 39.2. The van der Waals surface area contributed by atoms with Crippen molar-refractivity contribution in [3.05, 3.63) is 38.7 Å². The summed E-state index contributed by atoms with van der Waals surface area (Å²) in [5, 5.41) is 11.2. The molecule has 1 aliphatic carbocycles. The molecule has 29 heavy (non-hydrogen) atoms. The van der Waals surface area contributed by atoms with E-state index in [4.69, 9.17) is 4.74 Å². The van der Waals surface area contributed by atoms with Crippen LogP contribution in [0.15, 0.2) is 4.99 Å². The summed E-state index contributed by atoms with van der Waals surface area (Å²) in [7, 11) is 0. The van der Waals surface area contributed by atoms with Crippen molar-refractivity contribution in [1.29, 1.82) is 0 Å². The van der Waals surface area contributed by atoms with E-state index in [1.54, 1.807) is 0 Å². The Bertz CT molecular complexity index is 851. The minimum Gasteiger partial charge on any atom is -0.465 e. The Balaban J connectivity index is 2.54. The van der Waals surface area contributed by atoms with Crippen molar-refractivity contribution in [2.45, 2.75) is 52.0 Å². The normalized spacial score (nSPS) is 16.0. The highest BCUT2D eigenvalue weighted by Gasteiger charge is 2.39. The Hall–Kier alpha value is -2.78. The number of ketones is 1. The molecule has 1 aromatic carbocycles. The molecule has 0 bridgehead atoms. The quantitative estimate of drug-likeness (QED) is 0.127. The van der Waals surface area contributed by atoms with Crippen molar-refractivity contribution < 1.29 is 32.4 Å². The lowest BCUT2D eigenvalue weighted by Crippen LogP contribution is -2.30. The van der Waals surface area contributed by atoms with Gasteiger partial charge in [-0.15, -0.1) is 0 Å². The number of carbonyl (C=O) groups is 2. The molecule has 1 aliphatic rings. The molecular weight excluding hydrogens is 393 g/mol. The summed E-state index contributed by atoms with van der Waals surface area (Å²) >= 11 is 0. The fourth-order valence-electron chi connectivity index (χ4n) is 3.22. The lowest BCUT2D eigenvalue weighted by Gasteiger charge is -2.18. The Morgan fingerprint density at radius 1 is 1.21 bits per heavy atom. The first-order valence-corrected chi connectivity index (χ1v) is 9.26. The first-order chi connectivity index (χ1) is 13.7. The molecule has 1 fully saturated rings. The molecule has 0 spiro atoms. The summed E-state index contributed by atoms with van der Waals surface area (Å²) < 4.78 is 47.3. The maximum atomic E-state index is 14.6. The number of halogens is 3. The van der Waals surface area contributed by atoms with E-state index >= 15 is 0 Å². The van der Waals surface area contributed by atoms with Gasteiger partial charge in [0.15, 0.2) is 17.5 Å². The van der Waals surface area contributed by atoms with E-state index < -0.39 is 56.9 Å². The van der Waals surface area contributed by atoms with Crippen LogP contribution in [0.3, 0.4) is 0 Å². The number of rotatable bonds is 7. The predicted octanol–water partition coefficient (Wildman–Crippen LogP) is 4.09. The van der Waals surface area contributed by atoms with Gasteiger partial charge in [0.2, 0.25) is 5.82 Å². The van der Waals surface area contributed by atoms with Gasteiger partial charge in [-0.3, -0.25) is 24.7 Å². The van der Waals surface area contributed by atoms with Crippen LogP contribution in [0.25, 0.3) is 0 Å². The van der Waals surface area contributed by atoms with Crippen LogP contribution in [0.1, 0.15) is 54.9 Å². The largest absolute Gasteiger partial charge is 0.465 e. The number of Topliss-reactive ketones (excluding diaryl/α,β-unsaturated/α-hetero) is 1. The topological polar surface area (TPSA) is 98.9 Å². The first kappa shape index (κ1) is 22.5. The molecule has 7 nitrogen and oxygen atoms in total. The van der Waals surface area contributed by atoms with E-state index in [1.165, 1.54) is 6.92 Å². The van der Waals surface area contributed by atoms with Crippen LogP contribution >= 0.6 is 0 Å². The molecule has 0 aromatic heterocycles. The van der Waals surface area contributed by atoms with Crippen molar-refractivity contribution in [3.63, 3.8) is 0 Å².